The van der Waals surface area contributed by atoms with Crippen LogP contribution in [0.1, 0.15) is 52.9 Å². The van der Waals surface area contributed by atoms with Crippen molar-refractivity contribution in [3.05, 3.63) is 0 Å². The molecule has 0 aliphatic carbocycles. The van der Waals surface area contributed by atoms with Gasteiger partial charge in [0.2, 0.25) is 0 Å². The van der Waals surface area contributed by atoms with E-state index in [-0.39, 0.29) is 0 Å². The summed E-state index contributed by atoms with van der Waals surface area (Å²) in [4.78, 5) is 2.68. The van der Waals surface area contributed by atoms with Crippen LogP contribution in [0.5, 0.6) is 0 Å². The Balaban J connectivity index is 2.34. The maximum absolute atomic E-state index is 5.75. The van der Waals surface area contributed by atoms with Gasteiger partial charge in [0.05, 0.1) is 0 Å². The SMILES string of the molecule is CCC(CN)CCN1C(C)CCCC1C. The summed E-state index contributed by atoms with van der Waals surface area (Å²) in [6.07, 6.45) is 6.68. The molecule has 1 fully saturated rings. The third-order valence-electron chi connectivity index (χ3n) is 4.08. The number of nitrogens with two attached hydrogens (primary N) is 1. The summed E-state index contributed by atoms with van der Waals surface area (Å²) >= 11 is 0. The molecule has 0 aromatic heterocycles. The van der Waals surface area contributed by atoms with E-state index in [9.17, 15) is 0 Å². The van der Waals surface area contributed by atoms with Crippen molar-refractivity contribution < 1.29 is 0 Å². The zero-order valence-electron chi connectivity index (χ0n) is 10.7. The maximum atomic E-state index is 5.75. The van der Waals surface area contributed by atoms with Crippen molar-refractivity contribution in [2.45, 2.75) is 65.0 Å². The Morgan fingerprint density at radius 2 is 1.87 bits per heavy atom. The number of hydrogen-bond acceptors (Lipinski definition) is 2. The molecule has 3 unspecified atom stereocenters. The highest BCUT2D eigenvalue weighted by molar-refractivity contribution is 4.79. The summed E-state index contributed by atoms with van der Waals surface area (Å²) in [6.45, 7) is 9.10. The van der Waals surface area contributed by atoms with Crippen LogP contribution in [0, 0.1) is 5.92 Å². The zero-order chi connectivity index (χ0) is 11.3. The molecular formula is C13H28N2. The molecule has 90 valence electrons. The third-order valence-corrected chi connectivity index (χ3v) is 4.08. The van der Waals surface area contributed by atoms with E-state index < -0.39 is 0 Å². The summed E-state index contributed by atoms with van der Waals surface area (Å²) in [5, 5.41) is 0. The molecule has 0 radical (unpaired) electrons. The average Bonchev–Trinajstić information content (AvgIpc) is 2.23. The van der Waals surface area contributed by atoms with Crippen molar-refractivity contribution in [1.29, 1.82) is 0 Å². The quantitative estimate of drug-likeness (QED) is 0.759. The fraction of sp³-hybridized carbons (Fsp3) is 1.00. The van der Waals surface area contributed by atoms with Crippen molar-refractivity contribution in [2.24, 2.45) is 11.7 Å². The van der Waals surface area contributed by atoms with Gasteiger partial charge in [0.1, 0.15) is 0 Å². The third kappa shape index (κ3) is 3.76. The van der Waals surface area contributed by atoms with Crippen LogP contribution >= 0.6 is 0 Å². The first-order chi connectivity index (χ1) is 7.19. The van der Waals surface area contributed by atoms with Crippen molar-refractivity contribution in [3.63, 3.8) is 0 Å². The van der Waals surface area contributed by atoms with Gasteiger partial charge in [-0.3, -0.25) is 4.90 Å². The Labute approximate surface area is 95.2 Å². The lowest BCUT2D eigenvalue weighted by molar-refractivity contribution is 0.0960. The van der Waals surface area contributed by atoms with Gasteiger partial charge in [0.25, 0.3) is 0 Å². The van der Waals surface area contributed by atoms with Gasteiger partial charge in [-0.2, -0.15) is 0 Å². The summed E-state index contributed by atoms with van der Waals surface area (Å²) in [7, 11) is 0. The van der Waals surface area contributed by atoms with Crippen LogP contribution in [-0.2, 0) is 0 Å². The molecule has 0 aromatic carbocycles. The monoisotopic (exact) mass is 212 g/mol. The summed E-state index contributed by atoms with van der Waals surface area (Å²) < 4.78 is 0. The lowest BCUT2D eigenvalue weighted by atomic mass is 9.95. The van der Waals surface area contributed by atoms with E-state index in [1.54, 1.807) is 0 Å². The van der Waals surface area contributed by atoms with Crippen LogP contribution < -0.4 is 5.73 Å². The van der Waals surface area contributed by atoms with E-state index in [0.717, 1.165) is 24.5 Å². The summed E-state index contributed by atoms with van der Waals surface area (Å²) in [5.41, 5.74) is 5.75. The van der Waals surface area contributed by atoms with Crippen molar-refractivity contribution >= 4 is 0 Å². The Morgan fingerprint density at radius 1 is 1.27 bits per heavy atom. The Bertz CT molecular complexity index is 156. The molecule has 2 heteroatoms. The van der Waals surface area contributed by atoms with E-state index >= 15 is 0 Å². The molecule has 1 heterocycles. The van der Waals surface area contributed by atoms with E-state index in [1.807, 2.05) is 0 Å². The molecule has 0 aromatic rings. The number of rotatable bonds is 5. The molecule has 0 bridgehead atoms. The van der Waals surface area contributed by atoms with Gasteiger partial charge in [-0.05, 0) is 52.1 Å². The van der Waals surface area contributed by atoms with Crippen LogP contribution in [-0.4, -0.2) is 30.1 Å². The predicted molar refractivity (Wildman–Crippen MR) is 66.9 cm³/mol. The second-order valence-electron chi connectivity index (χ2n) is 5.17. The molecule has 15 heavy (non-hydrogen) atoms. The standard InChI is InChI=1S/C13H28N2/c1-4-13(10-14)8-9-15-11(2)6-5-7-12(15)3/h11-13H,4-10,14H2,1-3H3. The van der Waals surface area contributed by atoms with Gasteiger partial charge in [-0.25, -0.2) is 0 Å². The molecule has 2 nitrogen and oxygen atoms in total. The first-order valence-electron chi connectivity index (χ1n) is 6.64. The van der Waals surface area contributed by atoms with Gasteiger partial charge in [-0.1, -0.05) is 19.8 Å². The minimum atomic E-state index is 0.728. The molecule has 1 aliphatic rings. The topological polar surface area (TPSA) is 29.3 Å². The van der Waals surface area contributed by atoms with Crippen LogP contribution in [0.3, 0.4) is 0 Å². The predicted octanol–water partition coefficient (Wildman–Crippen LogP) is 2.62. The van der Waals surface area contributed by atoms with Gasteiger partial charge < -0.3 is 5.73 Å². The molecule has 2 N–H and O–H groups in total. The Morgan fingerprint density at radius 3 is 2.33 bits per heavy atom. The lowest BCUT2D eigenvalue weighted by Crippen LogP contribution is -2.44. The van der Waals surface area contributed by atoms with E-state index in [4.69, 9.17) is 5.73 Å². The van der Waals surface area contributed by atoms with Gasteiger partial charge >= 0.3 is 0 Å². The Kier molecular flexibility index (Phi) is 5.62. The van der Waals surface area contributed by atoms with Crippen molar-refractivity contribution in [3.8, 4) is 0 Å². The van der Waals surface area contributed by atoms with Crippen LogP contribution in [0.25, 0.3) is 0 Å². The fourth-order valence-corrected chi connectivity index (χ4v) is 2.74. The molecule has 0 spiro atoms. The van der Waals surface area contributed by atoms with Crippen molar-refractivity contribution in [1.82, 2.24) is 4.90 Å². The highest BCUT2D eigenvalue weighted by Gasteiger charge is 2.24. The molecule has 1 rings (SSSR count). The smallest absolute Gasteiger partial charge is 0.00697 e. The van der Waals surface area contributed by atoms with Crippen molar-refractivity contribution in [2.75, 3.05) is 13.1 Å². The fourth-order valence-electron chi connectivity index (χ4n) is 2.74. The average molecular weight is 212 g/mol. The molecular weight excluding hydrogens is 184 g/mol. The van der Waals surface area contributed by atoms with Crippen LogP contribution in [0.15, 0.2) is 0 Å². The molecule has 3 atom stereocenters. The molecule has 0 amide bonds. The zero-order valence-corrected chi connectivity index (χ0v) is 10.7. The number of likely N-dealkylation sites (tertiary alicyclic amines) is 1. The van der Waals surface area contributed by atoms with Gasteiger partial charge in [-0.15, -0.1) is 0 Å². The minimum Gasteiger partial charge on any atom is -0.330 e. The highest BCUT2D eigenvalue weighted by atomic mass is 15.2. The first-order valence-corrected chi connectivity index (χ1v) is 6.64. The summed E-state index contributed by atoms with van der Waals surface area (Å²) in [5.74, 6) is 0.728. The van der Waals surface area contributed by atoms with Gasteiger partial charge in [0, 0.05) is 12.1 Å². The first kappa shape index (κ1) is 13.0. The minimum absolute atomic E-state index is 0.728. The summed E-state index contributed by atoms with van der Waals surface area (Å²) in [6, 6.07) is 1.56. The largest absolute Gasteiger partial charge is 0.330 e. The normalized spacial score (nSPS) is 30.4. The number of hydrogen-bond donors (Lipinski definition) is 1. The van der Waals surface area contributed by atoms with Crippen LogP contribution in [0.2, 0.25) is 0 Å². The van der Waals surface area contributed by atoms with E-state index in [0.29, 0.717) is 0 Å². The maximum Gasteiger partial charge on any atom is 0.00697 e. The highest BCUT2D eigenvalue weighted by Crippen LogP contribution is 2.23. The van der Waals surface area contributed by atoms with Gasteiger partial charge in [0.15, 0.2) is 0 Å². The molecule has 1 saturated heterocycles. The Hall–Kier alpha value is -0.0800. The second kappa shape index (κ2) is 6.49. The number of nitrogens with zero attached hydrogens (tertiary/aromatic N) is 1. The number of piperidine rings is 1. The van der Waals surface area contributed by atoms with E-state index in [1.165, 1.54) is 38.6 Å². The second-order valence-corrected chi connectivity index (χ2v) is 5.17. The molecule has 1 aliphatic heterocycles. The molecule has 0 saturated carbocycles. The van der Waals surface area contributed by atoms with E-state index in [2.05, 4.69) is 25.7 Å². The van der Waals surface area contributed by atoms with Crippen LogP contribution in [0.4, 0.5) is 0 Å². The lowest BCUT2D eigenvalue weighted by Gasteiger charge is -2.39.